The summed E-state index contributed by atoms with van der Waals surface area (Å²) in [6.07, 6.45) is 0. The summed E-state index contributed by atoms with van der Waals surface area (Å²) < 4.78 is 17.3. The molecule has 112 valence electrons. The summed E-state index contributed by atoms with van der Waals surface area (Å²) in [5.41, 5.74) is 2.32. The van der Waals surface area contributed by atoms with Gasteiger partial charge in [-0.05, 0) is 48.8 Å². The Bertz CT molecular complexity index is 847. The van der Waals surface area contributed by atoms with E-state index >= 15 is 0 Å². The number of hydrogen-bond donors (Lipinski definition) is 0. The van der Waals surface area contributed by atoms with Crippen LogP contribution in [-0.4, -0.2) is 13.8 Å². The van der Waals surface area contributed by atoms with Crippen molar-refractivity contribution in [3.8, 4) is 11.3 Å². The molecule has 0 bridgehead atoms. The molecule has 7 heteroatoms. The maximum Gasteiger partial charge on any atom is 0.145 e. The first kappa shape index (κ1) is 15.6. The predicted molar refractivity (Wildman–Crippen MR) is 91.2 cm³/mol. The lowest BCUT2D eigenvalue weighted by Crippen LogP contribution is -1.93. The van der Waals surface area contributed by atoms with Crippen LogP contribution >= 0.6 is 34.7 Å². The first-order valence-corrected chi connectivity index (χ1v) is 9.00. The van der Waals surface area contributed by atoms with Crippen molar-refractivity contribution in [3.05, 3.63) is 58.1 Å². The molecular formula is C15H10Cl2N2OS2. The molecule has 0 unspecified atom stereocenters. The number of aryl methyl sites for hydroxylation is 1. The molecule has 0 N–H and O–H groups in total. The van der Waals surface area contributed by atoms with E-state index in [-0.39, 0.29) is 0 Å². The van der Waals surface area contributed by atoms with Crippen molar-refractivity contribution in [1.29, 1.82) is 0 Å². The van der Waals surface area contributed by atoms with Gasteiger partial charge in [-0.25, -0.2) is 4.21 Å². The van der Waals surface area contributed by atoms with Crippen LogP contribution in [0.2, 0.25) is 10.0 Å². The first-order valence-electron chi connectivity index (χ1n) is 6.32. The highest BCUT2D eigenvalue weighted by Crippen LogP contribution is 2.35. The minimum absolute atomic E-state index is 0.461. The third kappa shape index (κ3) is 3.08. The van der Waals surface area contributed by atoms with Gasteiger partial charge in [0, 0.05) is 15.5 Å². The molecule has 1 atom stereocenters. The third-order valence-corrected chi connectivity index (χ3v) is 6.03. The Kier molecular flexibility index (Phi) is 4.59. The van der Waals surface area contributed by atoms with Crippen LogP contribution in [0.15, 0.2) is 51.6 Å². The van der Waals surface area contributed by atoms with Crippen molar-refractivity contribution in [1.82, 2.24) is 9.59 Å². The van der Waals surface area contributed by atoms with Crippen molar-refractivity contribution in [2.45, 2.75) is 16.0 Å². The second kappa shape index (κ2) is 6.46. The highest BCUT2D eigenvalue weighted by molar-refractivity contribution is 7.87. The minimum atomic E-state index is -1.35. The maximum atomic E-state index is 12.8. The molecule has 1 heterocycles. The summed E-state index contributed by atoms with van der Waals surface area (Å²) in [7, 11) is -1.35. The third-order valence-electron chi connectivity index (χ3n) is 3.05. The van der Waals surface area contributed by atoms with Crippen LogP contribution in [0.3, 0.4) is 0 Å². The fraction of sp³-hybridized carbons (Fsp3) is 0.0667. The molecule has 3 aromatic rings. The second-order valence-electron chi connectivity index (χ2n) is 4.61. The van der Waals surface area contributed by atoms with E-state index in [0.29, 0.717) is 30.4 Å². The normalized spacial score (nSPS) is 12.3. The Balaban J connectivity index is 2.05. The highest BCUT2D eigenvalue weighted by Gasteiger charge is 2.20. The Morgan fingerprint density at radius 2 is 1.82 bits per heavy atom. The minimum Gasteiger partial charge on any atom is -0.248 e. The topological polar surface area (TPSA) is 42.9 Å². The molecule has 3 rings (SSSR count). The fourth-order valence-corrected chi connectivity index (χ4v) is 4.43. The van der Waals surface area contributed by atoms with Gasteiger partial charge in [0.15, 0.2) is 0 Å². The summed E-state index contributed by atoms with van der Waals surface area (Å²) in [6.45, 7) is 1.99. The van der Waals surface area contributed by atoms with E-state index in [1.807, 2.05) is 31.2 Å². The van der Waals surface area contributed by atoms with Gasteiger partial charge >= 0.3 is 0 Å². The van der Waals surface area contributed by atoms with Crippen LogP contribution in [0.1, 0.15) is 5.56 Å². The molecule has 0 aliphatic rings. The molecule has 0 aliphatic heterocycles. The second-order valence-corrected chi connectivity index (χ2v) is 7.89. The van der Waals surface area contributed by atoms with Gasteiger partial charge in [-0.1, -0.05) is 45.4 Å². The Morgan fingerprint density at radius 3 is 2.50 bits per heavy atom. The van der Waals surface area contributed by atoms with Crippen LogP contribution in [0.25, 0.3) is 11.3 Å². The zero-order valence-corrected chi connectivity index (χ0v) is 14.6. The number of nitrogens with zero attached hydrogens (tertiary/aromatic N) is 2. The van der Waals surface area contributed by atoms with E-state index < -0.39 is 10.8 Å². The van der Waals surface area contributed by atoms with Crippen LogP contribution in [-0.2, 0) is 10.8 Å². The average molecular weight is 369 g/mol. The van der Waals surface area contributed by atoms with E-state index in [4.69, 9.17) is 23.2 Å². The maximum absolute atomic E-state index is 12.8. The van der Waals surface area contributed by atoms with Crippen LogP contribution < -0.4 is 0 Å². The van der Waals surface area contributed by atoms with Crippen molar-refractivity contribution < 1.29 is 4.21 Å². The Morgan fingerprint density at radius 1 is 1.09 bits per heavy atom. The molecular weight excluding hydrogens is 359 g/mol. The summed E-state index contributed by atoms with van der Waals surface area (Å²) >= 11 is 13.2. The van der Waals surface area contributed by atoms with Gasteiger partial charge in [0.1, 0.15) is 9.90 Å². The van der Waals surface area contributed by atoms with Crippen LogP contribution in [0.4, 0.5) is 0 Å². The number of benzene rings is 2. The van der Waals surface area contributed by atoms with Crippen molar-refractivity contribution in [3.63, 3.8) is 0 Å². The lowest BCUT2D eigenvalue weighted by molar-refractivity contribution is 0.684. The number of rotatable bonds is 3. The van der Waals surface area contributed by atoms with Gasteiger partial charge in [-0.3, -0.25) is 0 Å². The average Bonchev–Trinajstić information content (AvgIpc) is 2.96. The Hall–Kier alpha value is -1.27. The standard InChI is InChI=1S/C15H10Cl2N2OS2/c1-9-2-5-11(6-3-9)22(20)15-14(18-19-21-15)12-7-4-10(16)8-13(12)17/h2-8H,1H3/t22-/m1/s1. The van der Waals surface area contributed by atoms with E-state index in [1.165, 1.54) is 0 Å². The zero-order chi connectivity index (χ0) is 15.7. The molecule has 0 saturated carbocycles. The lowest BCUT2D eigenvalue weighted by Gasteiger charge is -2.05. The van der Waals surface area contributed by atoms with E-state index in [0.717, 1.165) is 17.1 Å². The summed E-state index contributed by atoms with van der Waals surface area (Å²) in [4.78, 5) is 0.711. The summed E-state index contributed by atoms with van der Waals surface area (Å²) in [5, 5.41) is 5.09. The quantitative estimate of drug-likeness (QED) is 0.653. The molecule has 0 amide bonds. The van der Waals surface area contributed by atoms with Crippen molar-refractivity contribution in [2.75, 3.05) is 0 Å². The molecule has 3 nitrogen and oxygen atoms in total. The summed E-state index contributed by atoms with van der Waals surface area (Å²) in [5.74, 6) is 0. The number of aromatic nitrogens is 2. The van der Waals surface area contributed by atoms with Crippen molar-refractivity contribution >= 4 is 45.5 Å². The van der Waals surface area contributed by atoms with E-state index in [9.17, 15) is 4.21 Å². The Labute approximate surface area is 144 Å². The molecule has 0 spiro atoms. The summed E-state index contributed by atoms with van der Waals surface area (Å²) in [6, 6.07) is 12.7. The molecule has 0 saturated heterocycles. The molecule has 0 aliphatic carbocycles. The smallest absolute Gasteiger partial charge is 0.145 e. The van der Waals surface area contributed by atoms with Crippen LogP contribution in [0, 0.1) is 6.92 Å². The first-order chi connectivity index (χ1) is 10.6. The lowest BCUT2D eigenvalue weighted by atomic mass is 10.2. The monoisotopic (exact) mass is 368 g/mol. The zero-order valence-electron chi connectivity index (χ0n) is 11.4. The SMILES string of the molecule is Cc1ccc([S@@](=O)c2snnc2-c2ccc(Cl)cc2Cl)cc1. The van der Waals surface area contributed by atoms with Gasteiger partial charge in [0.05, 0.1) is 15.8 Å². The number of halogens is 2. The van der Waals surface area contributed by atoms with E-state index in [2.05, 4.69) is 9.59 Å². The van der Waals surface area contributed by atoms with Gasteiger partial charge in [-0.2, -0.15) is 0 Å². The molecule has 0 radical (unpaired) electrons. The molecule has 2 aromatic carbocycles. The van der Waals surface area contributed by atoms with Gasteiger partial charge in [-0.15, -0.1) is 5.10 Å². The van der Waals surface area contributed by atoms with Gasteiger partial charge in [0.25, 0.3) is 0 Å². The largest absolute Gasteiger partial charge is 0.248 e. The van der Waals surface area contributed by atoms with Crippen molar-refractivity contribution in [2.24, 2.45) is 0 Å². The molecule has 1 aromatic heterocycles. The van der Waals surface area contributed by atoms with Gasteiger partial charge < -0.3 is 0 Å². The fourth-order valence-electron chi connectivity index (χ4n) is 1.92. The highest BCUT2D eigenvalue weighted by atomic mass is 35.5. The number of hydrogen-bond acceptors (Lipinski definition) is 4. The van der Waals surface area contributed by atoms with Crippen LogP contribution in [0.5, 0.6) is 0 Å². The van der Waals surface area contributed by atoms with Gasteiger partial charge in [0.2, 0.25) is 0 Å². The van der Waals surface area contributed by atoms with E-state index in [1.54, 1.807) is 18.2 Å². The predicted octanol–water partition coefficient (Wildman–Crippen LogP) is 4.99. The molecule has 0 fully saturated rings. The molecule has 22 heavy (non-hydrogen) atoms.